The number of rotatable bonds is 2. The highest BCUT2D eigenvalue weighted by Crippen LogP contribution is 2.30. The number of hydrogen-bond donors (Lipinski definition) is 0. The van der Waals surface area contributed by atoms with Gasteiger partial charge in [-0.1, -0.05) is 5.57 Å². The summed E-state index contributed by atoms with van der Waals surface area (Å²) in [6.45, 7) is 2.83. The third kappa shape index (κ3) is 1.36. The molecule has 1 unspecified atom stereocenters. The molecular weight excluding hydrogens is 140 g/mol. The first-order valence-corrected chi connectivity index (χ1v) is 4.11. The summed E-state index contributed by atoms with van der Waals surface area (Å²) in [5, 5.41) is 0. The monoisotopic (exact) mass is 152 g/mol. The van der Waals surface area contributed by atoms with E-state index in [1.54, 1.807) is 0 Å². The summed E-state index contributed by atoms with van der Waals surface area (Å²) >= 11 is 0. The fourth-order valence-electron chi connectivity index (χ4n) is 1.55. The number of hydrogen-bond acceptors (Lipinski definition) is 2. The Morgan fingerprint density at radius 1 is 1.55 bits per heavy atom. The summed E-state index contributed by atoms with van der Waals surface area (Å²) in [5.74, 6) is 0.334. The van der Waals surface area contributed by atoms with E-state index in [0.717, 1.165) is 31.4 Å². The summed E-state index contributed by atoms with van der Waals surface area (Å²) < 4.78 is 5.11. The molecule has 11 heavy (non-hydrogen) atoms. The van der Waals surface area contributed by atoms with Crippen LogP contribution in [0.1, 0.15) is 26.2 Å². The van der Waals surface area contributed by atoms with E-state index in [0.29, 0.717) is 11.9 Å². The van der Waals surface area contributed by atoms with Crippen molar-refractivity contribution in [1.82, 2.24) is 0 Å². The SMILES string of the molecule is CC1=C(CC2CO2)CCC1=O. The molecule has 1 atom stereocenters. The van der Waals surface area contributed by atoms with Crippen LogP contribution in [0.3, 0.4) is 0 Å². The highest BCUT2D eigenvalue weighted by atomic mass is 16.6. The second kappa shape index (κ2) is 2.45. The van der Waals surface area contributed by atoms with E-state index < -0.39 is 0 Å². The van der Waals surface area contributed by atoms with Crippen molar-refractivity contribution in [3.63, 3.8) is 0 Å². The van der Waals surface area contributed by atoms with Crippen molar-refractivity contribution in [2.75, 3.05) is 6.61 Å². The first-order valence-electron chi connectivity index (χ1n) is 4.11. The van der Waals surface area contributed by atoms with Crippen LogP contribution < -0.4 is 0 Å². The van der Waals surface area contributed by atoms with Gasteiger partial charge < -0.3 is 4.74 Å². The molecule has 1 heterocycles. The Labute approximate surface area is 66.2 Å². The van der Waals surface area contributed by atoms with Crippen molar-refractivity contribution in [2.45, 2.75) is 32.3 Å². The fraction of sp³-hybridized carbons (Fsp3) is 0.667. The number of epoxide rings is 1. The molecule has 0 radical (unpaired) electrons. The molecule has 0 N–H and O–H groups in total. The number of Topliss-reactive ketones (excluding diaryl/α,β-unsaturated/α-hetero) is 1. The van der Waals surface area contributed by atoms with Gasteiger partial charge in [0.1, 0.15) is 0 Å². The number of carbonyl (C=O) groups excluding carboxylic acids is 1. The van der Waals surface area contributed by atoms with Crippen LogP contribution >= 0.6 is 0 Å². The predicted octanol–water partition coefficient (Wildman–Crippen LogP) is 1.45. The summed E-state index contributed by atoms with van der Waals surface area (Å²) in [7, 11) is 0. The Morgan fingerprint density at radius 3 is 2.73 bits per heavy atom. The normalized spacial score (nSPS) is 29.9. The van der Waals surface area contributed by atoms with Gasteiger partial charge >= 0.3 is 0 Å². The molecule has 0 aromatic carbocycles. The molecule has 0 aromatic rings. The standard InChI is InChI=1S/C9H12O2/c1-6-7(2-3-9(6)10)4-8-5-11-8/h8H,2-5H2,1H3. The lowest BCUT2D eigenvalue weighted by atomic mass is 10.1. The molecular formula is C9H12O2. The van der Waals surface area contributed by atoms with Crippen LogP contribution in [0.4, 0.5) is 0 Å². The van der Waals surface area contributed by atoms with Gasteiger partial charge in [0, 0.05) is 6.42 Å². The van der Waals surface area contributed by atoms with Crippen LogP contribution in [0.2, 0.25) is 0 Å². The van der Waals surface area contributed by atoms with E-state index in [9.17, 15) is 4.79 Å². The van der Waals surface area contributed by atoms with Crippen molar-refractivity contribution in [3.8, 4) is 0 Å². The van der Waals surface area contributed by atoms with Crippen molar-refractivity contribution in [2.24, 2.45) is 0 Å². The Hall–Kier alpha value is -0.630. The van der Waals surface area contributed by atoms with Crippen LogP contribution in [0, 0.1) is 0 Å². The van der Waals surface area contributed by atoms with Crippen molar-refractivity contribution in [1.29, 1.82) is 0 Å². The molecule has 60 valence electrons. The average Bonchev–Trinajstić information content (AvgIpc) is 2.74. The molecule has 2 aliphatic rings. The molecule has 2 rings (SSSR count). The molecule has 2 heteroatoms. The minimum atomic E-state index is 0.334. The van der Waals surface area contributed by atoms with E-state index in [1.807, 2.05) is 6.92 Å². The topological polar surface area (TPSA) is 29.6 Å². The average molecular weight is 152 g/mol. The van der Waals surface area contributed by atoms with E-state index in [4.69, 9.17) is 4.74 Å². The lowest BCUT2D eigenvalue weighted by Crippen LogP contribution is -1.92. The van der Waals surface area contributed by atoms with E-state index in [1.165, 1.54) is 5.57 Å². The van der Waals surface area contributed by atoms with Gasteiger partial charge in [0.05, 0.1) is 12.7 Å². The largest absolute Gasteiger partial charge is 0.373 e. The summed E-state index contributed by atoms with van der Waals surface area (Å²) in [4.78, 5) is 11.1. The zero-order chi connectivity index (χ0) is 7.84. The van der Waals surface area contributed by atoms with Crippen LogP contribution in [0.15, 0.2) is 11.1 Å². The van der Waals surface area contributed by atoms with E-state index in [-0.39, 0.29) is 0 Å². The Balaban J connectivity index is 2.05. The number of ketones is 1. The maximum Gasteiger partial charge on any atom is 0.158 e. The molecule has 0 saturated carbocycles. The Kier molecular flexibility index (Phi) is 1.57. The molecule has 1 fully saturated rings. The quantitative estimate of drug-likeness (QED) is 0.560. The summed E-state index contributed by atoms with van der Waals surface area (Å²) in [6.07, 6.45) is 3.14. The number of allylic oxidation sites excluding steroid dienone is 1. The van der Waals surface area contributed by atoms with E-state index >= 15 is 0 Å². The summed E-state index contributed by atoms with van der Waals surface area (Å²) in [6, 6.07) is 0. The zero-order valence-corrected chi connectivity index (χ0v) is 6.72. The molecule has 0 amide bonds. The molecule has 2 nitrogen and oxygen atoms in total. The smallest absolute Gasteiger partial charge is 0.158 e. The third-order valence-electron chi connectivity index (χ3n) is 2.48. The summed E-state index contributed by atoms with van der Waals surface area (Å²) in [5.41, 5.74) is 2.33. The van der Waals surface area contributed by atoms with Gasteiger partial charge in [-0.05, 0) is 25.3 Å². The maximum absolute atomic E-state index is 11.1. The highest BCUT2D eigenvalue weighted by molar-refractivity contribution is 5.98. The lowest BCUT2D eigenvalue weighted by Gasteiger charge is -1.97. The van der Waals surface area contributed by atoms with E-state index in [2.05, 4.69) is 0 Å². The minimum Gasteiger partial charge on any atom is -0.373 e. The second-order valence-corrected chi connectivity index (χ2v) is 3.31. The van der Waals surface area contributed by atoms with Gasteiger partial charge in [-0.15, -0.1) is 0 Å². The van der Waals surface area contributed by atoms with Crippen molar-refractivity contribution < 1.29 is 9.53 Å². The molecule has 1 aliphatic heterocycles. The molecule has 1 saturated heterocycles. The first kappa shape index (κ1) is 7.04. The third-order valence-corrected chi connectivity index (χ3v) is 2.48. The number of ether oxygens (including phenoxy) is 1. The van der Waals surface area contributed by atoms with Crippen LogP contribution in [0.25, 0.3) is 0 Å². The van der Waals surface area contributed by atoms with Gasteiger partial charge in [-0.25, -0.2) is 0 Å². The minimum absolute atomic E-state index is 0.334. The van der Waals surface area contributed by atoms with Gasteiger partial charge in [-0.3, -0.25) is 4.79 Å². The van der Waals surface area contributed by atoms with Crippen molar-refractivity contribution in [3.05, 3.63) is 11.1 Å². The highest BCUT2D eigenvalue weighted by Gasteiger charge is 2.28. The van der Waals surface area contributed by atoms with Crippen molar-refractivity contribution >= 4 is 5.78 Å². The molecule has 0 bridgehead atoms. The van der Waals surface area contributed by atoms with Gasteiger partial charge in [0.25, 0.3) is 0 Å². The Bertz CT molecular complexity index is 224. The van der Waals surface area contributed by atoms with Crippen LogP contribution in [0.5, 0.6) is 0 Å². The van der Waals surface area contributed by atoms with Crippen LogP contribution in [-0.2, 0) is 9.53 Å². The van der Waals surface area contributed by atoms with Gasteiger partial charge in [0.15, 0.2) is 5.78 Å². The first-order chi connectivity index (χ1) is 5.27. The molecule has 0 spiro atoms. The Morgan fingerprint density at radius 2 is 2.27 bits per heavy atom. The van der Waals surface area contributed by atoms with Crippen LogP contribution in [-0.4, -0.2) is 18.5 Å². The zero-order valence-electron chi connectivity index (χ0n) is 6.72. The predicted molar refractivity (Wildman–Crippen MR) is 41.3 cm³/mol. The number of carbonyl (C=O) groups is 1. The lowest BCUT2D eigenvalue weighted by molar-refractivity contribution is -0.114. The second-order valence-electron chi connectivity index (χ2n) is 3.31. The van der Waals surface area contributed by atoms with Gasteiger partial charge in [-0.2, -0.15) is 0 Å². The maximum atomic E-state index is 11.1. The van der Waals surface area contributed by atoms with Gasteiger partial charge in [0.2, 0.25) is 0 Å². The fourth-order valence-corrected chi connectivity index (χ4v) is 1.55. The molecule has 0 aromatic heterocycles. The molecule has 1 aliphatic carbocycles.